The number of carboxylic acid groups (broad SMARTS) is 1. The van der Waals surface area contributed by atoms with Crippen LogP contribution in [0.5, 0.6) is 0 Å². The number of nitrogens with one attached hydrogen (secondary N) is 1. The van der Waals surface area contributed by atoms with Gasteiger partial charge in [0.1, 0.15) is 5.60 Å². The molecule has 94 valence electrons. The first-order valence-electron chi connectivity index (χ1n) is 4.63. The molecule has 2 N–H and O–H groups in total. The van der Waals surface area contributed by atoms with E-state index in [2.05, 4.69) is 0 Å². The smallest absolute Gasteiger partial charge is 0.407 e. The van der Waals surface area contributed by atoms with Crippen LogP contribution < -0.4 is 5.32 Å². The van der Waals surface area contributed by atoms with E-state index in [-0.39, 0.29) is 0 Å². The van der Waals surface area contributed by atoms with Gasteiger partial charge in [-0.05, 0) is 20.8 Å². The standard InChI is InChI=1S/C9H15F2NO4/c1-8(2,3)16-7(15)12-5-4-9(10,11)6(13)14/h4-5H2,1-3H3,(H,12,15)(H,13,14). The van der Waals surface area contributed by atoms with Gasteiger partial charge in [-0.3, -0.25) is 0 Å². The Kier molecular flexibility index (Phi) is 4.64. The molecule has 0 saturated heterocycles. The Morgan fingerprint density at radius 2 is 1.81 bits per heavy atom. The Morgan fingerprint density at radius 3 is 2.19 bits per heavy atom. The Bertz CT molecular complexity index is 273. The summed E-state index contributed by atoms with van der Waals surface area (Å²) in [6.45, 7) is 4.41. The molecule has 5 nitrogen and oxygen atoms in total. The molecule has 0 aliphatic carbocycles. The van der Waals surface area contributed by atoms with E-state index in [0.717, 1.165) is 0 Å². The van der Waals surface area contributed by atoms with Crippen molar-refractivity contribution in [3.63, 3.8) is 0 Å². The summed E-state index contributed by atoms with van der Waals surface area (Å²) in [6.07, 6.45) is -1.82. The van der Waals surface area contributed by atoms with Crippen molar-refractivity contribution in [2.45, 2.75) is 38.7 Å². The summed E-state index contributed by atoms with van der Waals surface area (Å²) >= 11 is 0. The van der Waals surface area contributed by atoms with Gasteiger partial charge in [-0.2, -0.15) is 8.78 Å². The number of carbonyl (C=O) groups is 2. The first-order chi connectivity index (χ1) is 7.04. The van der Waals surface area contributed by atoms with Crippen molar-refractivity contribution >= 4 is 12.1 Å². The van der Waals surface area contributed by atoms with Crippen LogP contribution in [-0.4, -0.2) is 35.2 Å². The lowest BCUT2D eigenvalue weighted by Crippen LogP contribution is -2.37. The van der Waals surface area contributed by atoms with Gasteiger partial charge in [0, 0.05) is 13.0 Å². The molecular weight excluding hydrogens is 224 g/mol. The highest BCUT2D eigenvalue weighted by atomic mass is 19.3. The van der Waals surface area contributed by atoms with Crippen LogP contribution >= 0.6 is 0 Å². The van der Waals surface area contributed by atoms with Crippen molar-refractivity contribution in [2.24, 2.45) is 0 Å². The predicted molar refractivity (Wildman–Crippen MR) is 51.4 cm³/mol. The monoisotopic (exact) mass is 239 g/mol. The quantitative estimate of drug-likeness (QED) is 0.781. The Morgan fingerprint density at radius 1 is 1.31 bits per heavy atom. The highest BCUT2D eigenvalue weighted by Crippen LogP contribution is 2.17. The second-order valence-electron chi connectivity index (χ2n) is 4.19. The number of hydrogen-bond acceptors (Lipinski definition) is 3. The zero-order valence-electron chi connectivity index (χ0n) is 9.34. The molecule has 0 aromatic heterocycles. The maximum absolute atomic E-state index is 12.5. The third kappa shape index (κ3) is 6.15. The molecule has 0 aliphatic rings. The lowest BCUT2D eigenvalue weighted by Gasteiger charge is -2.20. The second-order valence-corrected chi connectivity index (χ2v) is 4.19. The van der Waals surface area contributed by atoms with Crippen LogP contribution in [-0.2, 0) is 9.53 Å². The molecule has 0 radical (unpaired) electrons. The van der Waals surface area contributed by atoms with Crippen LogP contribution in [0.15, 0.2) is 0 Å². The van der Waals surface area contributed by atoms with Crippen LogP contribution in [0.3, 0.4) is 0 Å². The number of hydrogen-bond donors (Lipinski definition) is 2. The van der Waals surface area contributed by atoms with E-state index in [9.17, 15) is 18.4 Å². The molecule has 0 aromatic carbocycles. The van der Waals surface area contributed by atoms with Crippen LogP contribution in [0.25, 0.3) is 0 Å². The minimum absolute atomic E-state index is 0.464. The van der Waals surface area contributed by atoms with Crippen molar-refractivity contribution in [1.82, 2.24) is 5.32 Å². The summed E-state index contributed by atoms with van der Waals surface area (Å²) in [4.78, 5) is 21.0. The maximum atomic E-state index is 12.5. The first kappa shape index (κ1) is 14.6. The van der Waals surface area contributed by atoms with E-state index < -0.39 is 36.6 Å². The highest BCUT2D eigenvalue weighted by Gasteiger charge is 2.38. The summed E-state index contributed by atoms with van der Waals surface area (Å²) in [6, 6.07) is 0. The molecule has 0 saturated carbocycles. The summed E-state index contributed by atoms with van der Waals surface area (Å²) in [5.41, 5.74) is -0.723. The van der Waals surface area contributed by atoms with Gasteiger partial charge >= 0.3 is 18.0 Å². The average Bonchev–Trinajstić information content (AvgIpc) is 1.99. The Balaban J connectivity index is 3.92. The number of ether oxygens (including phenoxy) is 1. The van der Waals surface area contributed by atoms with Crippen molar-refractivity contribution in [2.75, 3.05) is 6.54 Å². The molecule has 0 spiro atoms. The van der Waals surface area contributed by atoms with Gasteiger partial charge < -0.3 is 15.2 Å². The number of carboxylic acids is 1. The van der Waals surface area contributed by atoms with Gasteiger partial charge in [-0.25, -0.2) is 9.59 Å². The fourth-order valence-electron chi connectivity index (χ4n) is 0.743. The van der Waals surface area contributed by atoms with E-state index >= 15 is 0 Å². The fraction of sp³-hybridized carbons (Fsp3) is 0.778. The molecule has 1 amide bonds. The maximum Gasteiger partial charge on any atom is 0.407 e. The third-order valence-electron chi connectivity index (χ3n) is 1.42. The van der Waals surface area contributed by atoms with Gasteiger partial charge in [0.25, 0.3) is 0 Å². The zero-order chi connectivity index (χ0) is 13.0. The minimum atomic E-state index is -3.84. The van der Waals surface area contributed by atoms with Crippen molar-refractivity contribution in [3.05, 3.63) is 0 Å². The molecule has 0 rings (SSSR count). The van der Waals surface area contributed by atoms with Crippen LogP contribution in [0.1, 0.15) is 27.2 Å². The molecular formula is C9H15F2NO4. The van der Waals surface area contributed by atoms with Crippen molar-refractivity contribution < 1.29 is 28.2 Å². The second kappa shape index (κ2) is 5.09. The molecule has 0 heterocycles. The van der Waals surface area contributed by atoms with Crippen molar-refractivity contribution in [3.8, 4) is 0 Å². The number of alkyl carbamates (subject to hydrolysis) is 1. The van der Waals surface area contributed by atoms with Crippen LogP contribution in [0.2, 0.25) is 0 Å². The molecule has 0 bridgehead atoms. The van der Waals surface area contributed by atoms with E-state index in [1.807, 2.05) is 5.32 Å². The SMILES string of the molecule is CC(C)(C)OC(=O)NCCC(F)(F)C(=O)O. The lowest BCUT2D eigenvalue weighted by molar-refractivity contribution is -0.165. The van der Waals surface area contributed by atoms with E-state index in [1.54, 1.807) is 20.8 Å². The summed E-state index contributed by atoms with van der Waals surface area (Å²) in [5.74, 6) is -6.05. The molecule has 16 heavy (non-hydrogen) atoms. The topological polar surface area (TPSA) is 75.6 Å². The van der Waals surface area contributed by atoms with Gasteiger partial charge in [0.15, 0.2) is 0 Å². The van der Waals surface area contributed by atoms with Crippen LogP contribution in [0, 0.1) is 0 Å². The van der Waals surface area contributed by atoms with E-state index in [0.29, 0.717) is 0 Å². The number of rotatable bonds is 4. The normalized spacial score (nSPS) is 12.1. The predicted octanol–water partition coefficient (Wildman–Crippen LogP) is 1.62. The number of halogens is 2. The number of amides is 1. The van der Waals surface area contributed by atoms with Crippen LogP contribution in [0.4, 0.5) is 13.6 Å². The molecule has 0 aromatic rings. The first-order valence-corrected chi connectivity index (χ1v) is 4.63. The minimum Gasteiger partial charge on any atom is -0.477 e. The van der Waals surface area contributed by atoms with E-state index in [4.69, 9.17) is 9.84 Å². The van der Waals surface area contributed by atoms with Gasteiger partial charge in [0.05, 0.1) is 0 Å². The Labute approximate surface area is 91.8 Å². The largest absolute Gasteiger partial charge is 0.477 e. The van der Waals surface area contributed by atoms with E-state index in [1.165, 1.54) is 0 Å². The average molecular weight is 239 g/mol. The Hall–Kier alpha value is -1.40. The molecule has 7 heteroatoms. The van der Waals surface area contributed by atoms with Gasteiger partial charge in [0.2, 0.25) is 0 Å². The fourth-order valence-corrected chi connectivity index (χ4v) is 0.743. The molecule has 0 aliphatic heterocycles. The summed E-state index contributed by atoms with van der Waals surface area (Å²) in [7, 11) is 0. The molecule has 0 fully saturated rings. The summed E-state index contributed by atoms with van der Waals surface area (Å²) < 4.78 is 29.9. The molecule has 0 atom stereocenters. The summed E-state index contributed by atoms with van der Waals surface area (Å²) in [5, 5.41) is 10.1. The molecule has 0 unspecified atom stereocenters. The van der Waals surface area contributed by atoms with Gasteiger partial charge in [-0.1, -0.05) is 0 Å². The third-order valence-corrected chi connectivity index (χ3v) is 1.42. The number of alkyl halides is 2. The number of carbonyl (C=O) groups excluding carboxylic acids is 1. The van der Waals surface area contributed by atoms with Gasteiger partial charge in [-0.15, -0.1) is 0 Å². The van der Waals surface area contributed by atoms with Crippen molar-refractivity contribution in [1.29, 1.82) is 0 Å². The zero-order valence-corrected chi connectivity index (χ0v) is 9.34. The highest BCUT2D eigenvalue weighted by molar-refractivity contribution is 5.75. The lowest BCUT2D eigenvalue weighted by atomic mass is 10.2. The number of aliphatic carboxylic acids is 1.